The number of rotatable bonds is 5. The summed E-state index contributed by atoms with van der Waals surface area (Å²) in [5.41, 5.74) is 0. The Morgan fingerprint density at radius 3 is 2.33 bits per heavy atom. The molecule has 0 aromatic rings. The minimum Gasteiger partial charge on any atom is -0.340 e. The van der Waals surface area contributed by atoms with E-state index in [0.29, 0.717) is 5.91 Å². The van der Waals surface area contributed by atoms with Gasteiger partial charge in [-0.3, -0.25) is 4.79 Å². The van der Waals surface area contributed by atoms with Crippen molar-refractivity contribution in [1.82, 2.24) is 9.80 Å². The molecule has 3 heteroatoms. The molecule has 0 radical (unpaired) electrons. The minimum atomic E-state index is 0.360. The van der Waals surface area contributed by atoms with E-state index in [1.165, 1.54) is 19.3 Å². The summed E-state index contributed by atoms with van der Waals surface area (Å²) in [6.45, 7) is 6.09. The molecule has 0 atom stereocenters. The highest BCUT2D eigenvalue weighted by molar-refractivity contribution is 5.76. The van der Waals surface area contributed by atoms with Gasteiger partial charge in [0.25, 0.3) is 0 Å². The third-order valence-electron chi connectivity index (χ3n) is 3.10. The Morgan fingerprint density at radius 2 is 1.73 bits per heavy atom. The Kier molecular flexibility index (Phi) is 5.69. The molecule has 1 saturated heterocycles. The number of carbonyl (C=O) groups excluding carboxylic acids is 1. The average Bonchev–Trinajstić information content (AvgIpc) is 2.25. The van der Waals surface area contributed by atoms with Crippen LogP contribution in [0.2, 0.25) is 0 Å². The predicted octanol–water partition coefficient (Wildman–Crippen LogP) is 1.73. The molecular formula is C12H24N2O. The monoisotopic (exact) mass is 212 g/mol. The van der Waals surface area contributed by atoms with E-state index in [9.17, 15) is 4.79 Å². The van der Waals surface area contributed by atoms with Crippen molar-refractivity contribution >= 4 is 5.91 Å². The normalized spacial score (nSPS) is 18.1. The molecule has 0 aromatic carbocycles. The van der Waals surface area contributed by atoms with E-state index in [2.05, 4.69) is 18.9 Å². The van der Waals surface area contributed by atoms with Crippen LogP contribution in [0.5, 0.6) is 0 Å². The number of unbranched alkanes of at least 4 members (excludes halogenated alkanes) is 3. The lowest BCUT2D eigenvalue weighted by Crippen LogP contribution is -2.47. The maximum absolute atomic E-state index is 11.8. The summed E-state index contributed by atoms with van der Waals surface area (Å²) in [6, 6.07) is 0. The van der Waals surface area contributed by atoms with Gasteiger partial charge in [0.2, 0.25) is 5.91 Å². The van der Waals surface area contributed by atoms with Gasteiger partial charge >= 0.3 is 0 Å². The first-order valence-electron chi connectivity index (χ1n) is 6.20. The van der Waals surface area contributed by atoms with E-state index in [1.807, 2.05) is 4.90 Å². The largest absolute Gasteiger partial charge is 0.340 e. The summed E-state index contributed by atoms with van der Waals surface area (Å²) in [7, 11) is 2.11. The molecule has 88 valence electrons. The summed E-state index contributed by atoms with van der Waals surface area (Å²) in [4.78, 5) is 16.1. The van der Waals surface area contributed by atoms with Gasteiger partial charge in [-0.1, -0.05) is 26.2 Å². The maximum atomic E-state index is 11.8. The van der Waals surface area contributed by atoms with Gasteiger partial charge in [-0.2, -0.15) is 0 Å². The number of carbonyl (C=O) groups is 1. The van der Waals surface area contributed by atoms with Crippen molar-refractivity contribution in [3.63, 3.8) is 0 Å². The van der Waals surface area contributed by atoms with Crippen molar-refractivity contribution in [2.45, 2.75) is 39.0 Å². The zero-order valence-electron chi connectivity index (χ0n) is 10.2. The van der Waals surface area contributed by atoms with E-state index < -0.39 is 0 Å². The minimum absolute atomic E-state index is 0.360. The summed E-state index contributed by atoms with van der Waals surface area (Å²) in [6.07, 6.45) is 5.53. The molecule has 0 bridgehead atoms. The molecule has 15 heavy (non-hydrogen) atoms. The second-order valence-electron chi connectivity index (χ2n) is 4.49. The van der Waals surface area contributed by atoms with Crippen LogP contribution in [0.3, 0.4) is 0 Å². The third-order valence-corrected chi connectivity index (χ3v) is 3.10. The number of nitrogens with zero attached hydrogens (tertiary/aromatic N) is 2. The lowest BCUT2D eigenvalue weighted by atomic mass is 10.1. The highest BCUT2D eigenvalue weighted by atomic mass is 16.2. The molecule has 1 rings (SSSR count). The number of piperazine rings is 1. The second-order valence-corrected chi connectivity index (χ2v) is 4.49. The number of hydrogen-bond acceptors (Lipinski definition) is 2. The molecule has 1 fully saturated rings. The lowest BCUT2D eigenvalue weighted by molar-refractivity contribution is -0.132. The molecule has 0 aliphatic carbocycles. The molecule has 0 N–H and O–H groups in total. The topological polar surface area (TPSA) is 23.6 Å². The van der Waals surface area contributed by atoms with Gasteiger partial charge < -0.3 is 9.80 Å². The molecule has 1 heterocycles. The molecule has 0 spiro atoms. The van der Waals surface area contributed by atoms with Crippen molar-refractivity contribution in [2.24, 2.45) is 0 Å². The fourth-order valence-electron chi connectivity index (χ4n) is 1.92. The van der Waals surface area contributed by atoms with Crippen LogP contribution >= 0.6 is 0 Å². The van der Waals surface area contributed by atoms with Crippen molar-refractivity contribution in [2.75, 3.05) is 33.2 Å². The first kappa shape index (κ1) is 12.5. The van der Waals surface area contributed by atoms with Crippen molar-refractivity contribution in [3.05, 3.63) is 0 Å². The zero-order valence-corrected chi connectivity index (χ0v) is 10.2. The quantitative estimate of drug-likeness (QED) is 0.648. The highest BCUT2D eigenvalue weighted by Gasteiger charge is 2.17. The SMILES string of the molecule is CCCCCCC(=O)N1CCN(C)CC1. The highest BCUT2D eigenvalue weighted by Crippen LogP contribution is 2.07. The van der Waals surface area contributed by atoms with Crippen LogP contribution in [-0.4, -0.2) is 48.9 Å². The van der Waals surface area contributed by atoms with E-state index >= 15 is 0 Å². The van der Waals surface area contributed by atoms with Gasteiger partial charge in [-0.25, -0.2) is 0 Å². The Labute approximate surface area is 93.4 Å². The Bertz CT molecular complexity index is 186. The second kappa shape index (κ2) is 6.83. The molecule has 0 unspecified atom stereocenters. The van der Waals surface area contributed by atoms with E-state index in [1.54, 1.807) is 0 Å². The molecule has 0 aromatic heterocycles. The summed E-state index contributed by atoms with van der Waals surface area (Å²) >= 11 is 0. The zero-order chi connectivity index (χ0) is 11.1. The number of amides is 1. The van der Waals surface area contributed by atoms with Crippen LogP contribution in [-0.2, 0) is 4.79 Å². The van der Waals surface area contributed by atoms with Gasteiger partial charge in [0.05, 0.1) is 0 Å². The third kappa shape index (κ3) is 4.65. The molecule has 0 saturated carbocycles. The van der Waals surface area contributed by atoms with Crippen molar-refractivity contribution < 1.29 is 4.79 Å². The van der Waals surface area contributed by atoms with Crippen LogP contribution in [0.1, 0.15) is 39.0 Å². The Morgan fingerprint density at radius 1 is 1.07 bits per heavy atom. The standard InChI is InChI=1S/C12H24N2O/c1-3-4-5-6-7-12(15)14-10-8-13(2)9-11-14/h3-11H2,1-2H3. The molecule has 1 aliphatic heterocycles. The molecule has 1 amide bonds. The van der Waals surface area contributed by atoms with E-state index in [-0.39, 0.29) is 0 Å². The van der Waals surface area contributed by atoms with Crippen LogP contribution < -0.4 is 0 Å². The van der Waals surface area contributed by atoms with Crippen LogP contribution in [0, 0.1) is 0 Å². The van der Waals surface area contributed by atoms with Gasteiger partial charge in [-0.15, -0.1) is 0 Å². The maximum Gasteiger partial charge on any atom is 0.222 e. The van der Waals surface area contributed by atoms with Gasteiger partial charge in [0, 0.05) is 32.6 Å². The fraction of sp³-hybridized carbons (Fsp3) is 0.917. The summed E-state index contributed by atoms with van der Waals surface area (Å²) in [5.74, 6) is 0.360. The molecule has 1 aliphatic rings. The summed E-state index contributed by atoms with van der Waals surface area (Å²) in [5, 5.41) is 0. The Balaban J connectivity index is 2.11. The average molecular weight is 212 g/mol. The van der Waals surface area contributed by atoms with E-state index in [4.69, 9.17) is 0 Å². The number of hydrogen-bond donors (Lipinski definition) is 0. The fourth-order valence-corrected chi connectivity index (χ4v) is 1.92. The first-order chi connectivity index (χ1) is 7.24. The smallest absolute Gasteiger partial charge is 0.222 e. The molecular weight excluding hydrogens is 188 g/mol. The van der Waals surface area contributed by atoms with Crippen LogP contribution in [0.15, 0.2) is 0 Å². The van der Waals surface area contributed by atoms with Crippen molar-refractivity contribution in [3.8, 4) is 0 Å². The van der Waals surface area contributed by atoms with E-state index in [0.717, 1.165) is 39.0 Å². The lowest BCUT2D eigenvalue weighted by Gasteiger charge is -2.32. The number of likely N-dealkylation sites (N-methyl/N-ethyl adjacent to an activating group) is 1. The van der Waals surface area contributed by atoms with Gasteiger partial charge in [0.1, 0.15) is 0 Å². The molecule has 3 nitrogen and oxygen atoms in total. The van der Waals surface area contributed by atoms with Gasteiger partial charge in [0.15, 0.2) is 0 Å². The van der Waals surface area contributed by atoms with Crippen LogP contribution in [0.25, 0.3) is 0 Å². The van der Waals surface area contributed by atoms with Crippen molar-refractivity contribution in [1.29, 1.82) is 0 Å². The summed E-state index contributed by atoms with van der Waals surface area (Å²) < 4.78 is 0. The predicted molar refractivity (Wildman–Crippen MR) is 62.8 cm³/mol. The van der Waals surface area contributed by atoms with Gasteiger partial charge in [-0.05, 0) is 13.5 Å². The van der Waals surface area contributed by atoms with Crippen LogP contribution in [0.4, 0.5) is 0 Å². The first-order valence-corrected chi connectivity index (χ1v) is 6.20. The Hall–Kier alpha value is -0.570.